The van der Waals surface area contributed by atoms with Crippen LogP contribution in [0.25, 0.3) is 0 Å². The third kappa shape index (κ3) is 37.7. The summed E-state index contributed by atoms with van der Waals surface area (Å²) >= 11 is 0. The lowest BCUT2D eigenvalue weighted by Gasteiger charge is -2.46. The fourth-order valence-electron chi connectivity index (χ4n) is 11.4. The molecule has 0 aromatic heterocycles. The molecular weight excluding hydrogens is 1040 g/mol. The maximum atomic E-state index is 13.3. The quantitative estimate of drug-likeness (QED) is 0.0204. The van der Waals surface area contributed by atoms with Crippen LogP contribution < -0.4 is 5.32 Å². The van der Waals surface area contributed by atoms with E-state index in [1.807, 2.05) is 0 Å². The van der Waals surface area contributed by atoms with Crippen molar-refractivity contribution in [3.05, 3.63) is 36.5 Å². The van der Waals surface area contributed by atoms with Crippen LogP contribution in [0.2, 0.25) is 0 Å². The lowest BCUT2D eigenvalue weighted by atomic mass is 9.97. The van der Waals surface area contributed by atoms with Crippen molar-refractivity contribution in [1.29, 1.82) is 0 Å². The Bertz CT molecular complexity index is 1510. The van der Waals surface area contributed by atoms with E-state index in [1.165, 1.54) is 205 Å². The van der Waals surface area contributed by atoms with Gasteiger partial charge in [-0.15, -0.1) is 0 Å². The predicted molar refractivity (Wildman–Crippen MR) is 332 cm³/mol. The summed E-state index contributed by atoms with van der Waals surface area (Å²) in [6.07, 6.45) is 50.0. The molecular formula is C68H127NO13. The molecule has 2 fully saturated rings. The molecule has 0 radical (unpaired) electrons. The number of rotatable bonds is 56. The van der Waals surface area contributed by atoms with E-state index in [-0.39, 0.29) is 12.5 Å². The zero-order chi connectivity index (χ0) is 59.5. The Balaban J connectivity index is 1.67. The number of unbranched alkanes of at least 4 members (excludes halogenated alkanes) is 37. The number of amides is 1. The Morgan fingerprint density at radius 2 is 0.805 bits per heavy atom. The van der Waals surface area contributed by atoms with Gasteiger partial charge >= 0.3 is 0 Å². The largest absolute Gasteiger partial charge is 0.394 e. The van der Waals surface area contributed by atoms with Crippen LogP contribution in [0.5, 0.6) is 0 Å². The second-order valence-corrected chi connectivity index (χ2v) is 24.3. The second-order valence-electron chi connectivity index (χ2n) is 24.3. The molecule has 2 saturated heterocycles. The number of hydrogen-bond donors (Lipinski definition) is 9. The van der Waals surface area contributed by atoms with Crippen LogP contribution in [0.4, 0.5) is 0 Å². The van der Waals surface area contributed by atoms with Crippen molar-refractivity contribution in [3.8, 4) is 0 Å². The van der Waals surface area contributed by atoms with Crippen molar-refractivity contribution in [1.82, 2.24) is 5.32 Å². The summed E-state index contributed by atoms with van der Waals surface area (Å²) in [5.41, 5.74) is 0. The van der Waals surface area contributed by atoms with Crippen LogP contribution in [0, 0.1) is 0 Å². The number of carbonyl (C=O) groups excluding carboxylic acids is 1. The fraction of sp³-hybridized carbons (Fsp3) is 0.897. The van der Waals surface area contributed by atoms with E-state index in [9.17, 15) is 45.6 Å². The van der Waals surface area contributed by atoms with Crippen molar-refractivity contribution < 1.29 is 64.6 Å². The average molecular weight is 1170 g/mol. The van der Waals surface area contributed by atoms with Gasteiger partial charge in [0, 0.05) is 6.42 Å². The molecule has 0 bridgehead atoms. The van der Waals surface area contributed by atoms with Crippen molar-refractivity contribution in [3.63, 3.8) is 0 Å². The van der Waals surface area contributed by atoms with Gasteiger partial charge in [-0.1, -0.05) is 275 Å². The number of allylic oxidation sites excluding steroid dienone is 6. The zero-order valence-corrected chi connectivity index (χ0v) is 52.2. The Labute approximate surface area is 500 Å². The summed E-state index contributed by atoms with van der Waals surface area (Å²) in [7, 11) is 0. The monoisotopic (exact) mass is 1170 g/mol. The van der Waals surface area contributed by atoms with Crippen molar-refractivity contribution in [2.45, 2.75) is 370 Å². The number of nitrogens with one attached hydrogen (secondary N) is 1. The summed E-state index contributed by atoms with van der Waals surface area (Å²) < 4.78 is 22.9. The molecule has 82 heavy (non-hydrogen) atoms. The summed E-state index contributed by atoms with van der Waals surface area (Å²) in [6, 6.07) is -0.829. The number of aliphatic hydroxyl groups excluding tert-OH is 8. The third-order valence-electron chi connectivity index (χ3n) is 16.9. The average Bonchev–Trinajstić information content (AvgIpc) is 3.65. The van der Waals surface area contributed by atoms with Gasteiger partial charge in [0.05, 0.1) is 32.0 Å². The van der Waals surface area contributed by atoms with Crippen molar-refractivity contribution in [2.24, 2.45) is 0 Å². The molecule has 0 saturated carbocycles. The summed E-state index contributed by atoms with van der Waals surface area (Å²) in [5.74, 6) is -0.204. The normalized spacial score (nSPS) is 24.1. The van der Waals surface area contributed by atoms with E-state index in [1.54, 1.807) is 0 Å². The molecule has 14 heteroatoms. The van der Waals surface area contributed by atoms with Gasteiger partial charge in [0.25, 0.3) is 0 Å². The number of aliphatic hydroxyl groups is 8. The third-order valence-corrected chi connectivity index (χ3v) is 16.9. The first-order chi connectivity index (χ1) is 40.1. The number of hydrogen-bond acceptors (Lipinski definition) is 13. The van der Waals surface area contributed by atoms with Gasteiger partial charge < -0.3 is 65.1 Å². The second kappa shape index (κ2) is 53.4. The molecule has 2 rings (SSSR count). The lowest BCUT2D eigenvalue weighted by Crippen LogP contribution is -2.65. The van der Waals surface area contributed by atoms with Gasteiger partial charge in [0.1, 0.15) is 48.8 Å². The standard InChI is InChI=1S/C68H127NO13/c1-3-5-7-9-11-13-15-17-19-21-23-24-25-26-27-28-29-30-31-32-34-36-38-40-42-44-46-48-50-52-60(73)69-56(57(72)51-49-47-45-43-41-39-37-35-33-22-20-18-16-14-12-10-8-6-4-2)55-79-67-65(78)63(76)66(59(54-71)81-67)82-68-64(77)62(75)61(74)58(53-70)80-68/h15,17,21,23,25-26,56-59,61-68,70-72,74-78H,3-14,16,18-20,22,24,27-55H2,1-2H3,(H,69,73)/b17-15-,23-21-,26-25-. The molecule has 12 unspecified atom stereocenters. The highest BCUT2D eigenvalue weighted by atomic mass is 16.7. The molecule has 2 aliphatic rings. The van der Waals surface area contributed by atoms with Crippen LogP contribution >= 0.6 is 0 Å². The molecule has 0 spiro atoms. The maximum Gasteiger partial charge on any atom is 0.220 e. The van der Waals surface area contributed by atoms with Crippen molar-refractivity contribution in [2.75, 3.05) is 19.8 Å². The Morgan fingerprint density at radius 3 is 1.23 bits per heavy atom. The van der Waals surface area contributed by atoms with Gasteiger partial charge in [-0.3, -0.25) is 4.79 Å². The van der Waals surface area contributed by atoms with Crippen LogP contribution in [-0.2, 0) is 23.7 Å². The van der Waals surface area contributed by atoms with Gasteiger partial charge in [-0.25, -0.2) is 0 Å². The molecule has 1 amide bonds. The minimum absolute atomic E-state index is 0.204. The highest BCUT2D eigenvalue weighted by Crippen LogP contribution is 2.30. The summed E-state index contributed by atoms with van der Waals surface area (Å²) in [5, 5.41) is 87.5. The predicted octanol–water partition coefficient (Wildman–Crippen LogP) is 13.3. The minimum Gasteiger partial charge on any atom is -0.394 e. The van der Waals surface area contributed by atoms with Crippen molar-refractivity contribution >= 4 is 5.91 Å². The topological polar surface area (TPSA) is 228 Å². The van der Waals surface area contributed by atoms with E-state index in [0.717, 1.165) is 64.2 Å². The fourth-order valence-corrected chi connectivity index (χ4v) is 11.4. The first-order valence-corrected chi connectivity index (χ1v) is 34.2. The molecule has 0 aromatic rings. The molecule has 2 aliphatic heterocycles. The maximum absolute atomic E-state index is 13.3. The molecule has 482 valence electrons. The van der Waals surface area contributed by atoms with E-state index in [4.69, 9.17) is 18.9 Å². The van der Waals surface area contributed by atoms with E-state index in [0.29, 0.717) is 12.8 Å². The SMILES string of the molecule is CCCCCCC/C=C\C/C=C\C/C=C\CCCCCCCCCCCCCCCCC(=O)NC(COC1OC(CO)C(OC2OC(CO)C(O)C(O)C2O)C(O)C1O)C(O)CCCCCCCCCCCCCCCCCCCCC. The van der Waals surface area contributed by atoms with Gasteiger partial charge in [0.15, 0.2) is 12.6 Å². The van der Waals surface area contributed by atoms with E-state index in [2.05, 4.69) is 55.6 Å². The van der Waals surface area contributed by atoms with Crippen LogP contribution in [0.1, 0.15) is 296 Å². The highest BCUT2D eigenvalue weighted by Gasteiger charge is 2.51. The zero-order valence-electron chi connectivity index (χ0n) is 52.2. The molecule has 14 nitrogen and oxygen atoms in total. The van der Waals surface area contributed by atoms with E-state index >= 15 is 0 Å². The first-order valence-electron chi connectivity index (χ1n) is 34.2. The Hall–Kier alpha value is -1.79. The summed E-state index contributed by atoms with van der Waals surface area (Å²) in [4.78, 5) is 13.3. The first kappa shape index (κ1) is 76.3. The summed E-state index contributed by atoms with van der Waals surface area (Å²) in [6.45, 7) is 2.89. The molecule has 0 aromatic carbocycles. The van der Waals surface area contributed by atoms with Crippen LogP contribution in [0.15, 0.2) is 36.5 Å². The molecule has 0 aliphatic carbocycles. The van der Waals surface area contributed by atoms with Gasteiger partial charge in [-0.05, 0) is 51.4 Å². The molecule has 9 N–H and O–H groups in total. The molecule has 12 atom stereocenters. The highest BCUT2D eigenvalue weighted by molar-refractivity contribution is 5.76. The Kier molecular flexibility index (Phi) is 49.7. The van der Waals surface area contributed by atoms with Crippen LogP contribution in [-0.4, -0.2) is 140 Å². The number of carbonyl (C=O) groups is 1. The minimum atomic E-state index is -1.78. The van der Waals surface area contributed by atoms with Gasteiger partial charge in [0.2, 0.25) is 5.91 Å². The smallest absolute Gasteiger partial charge is 0.220 e. The number of ether oxygens (including phenoxy) is 4. The van der Waals surface area contributed by atoms with E-state index < -0.39 is 86.8 Å². The molecule has 2 heterocycles. The van der Waals surface area contributed by atoms with Gasteiger partial charge in [-0.2, -0.15) is 0 Å². The Morgan fingerprint density at radius 1 is 0.439 bits per heavy atom. The lowest BCUT2D eigenvalue weighted by molar-refractivity contribution is -0.359. The van der Waals surface area contributed by atoms with Crippen LogP contribution in [0.3, 0.4) is 0 Å².